The SMILES string of the molecule is C=CCOC(=O)/C(C#N)=C/c1cc(Cl)c2c(c1)OCCO2. The molecule has 0 unspecified atom stereocenters. The molecular weight excluding hydrogens is 294 g/mol. The molecule has 1 aromatic carbocycles. The molecule has 108 valence electrons. The van der Waals surface area contributed by atoms with Gasteiger partial charge in [-0.1, -0.05) is 24.3 Å². The maximum absolute atomic E-state index is 11.7. The van der Waals surface area contributed by atoms with Crippen molar-refractivity contribution in [2.45, 2.75) is 0 Å². The zero-order valence-corrected chi connectivity index (χ0v) is 11.9. The summed E-state index contributed by atoms with van der Waals surface area (Å²) >= 11 is 6.09. The van der Waals surface area contributed by atoms with Crippen molar-refractivity contribution in [1.29, 1.82) is 5.26 Å². The molecule has 2 rings (SSSR count). The highest BCUT2D eigenvalue weighted by Gasteiger charge is 2.17. The minimum atomic E-state index is -0.719. The first-order valence-electron chi connectivity index (χ1n) is 6.14. The fourth-order valence-corrected chi connectivity index (χ4v) is 2.00. The van der Waals surface area contributed by atoms with Gasteiger partial charge in [0.2, 0.25) is 0 Å². The first-order valence-corrected chi connectivity index (χ1v) is 6.52. The molecule has 1 aliphatic rings. The van der Waals surface area contributed by atoms with E-state index in [2.05, 4.69) is 6.58 Å². The van der Waals surface area contributed by atoms with E-state index < -0.39 is 5.97 Å². The van der Waals surface area contributed by atoms with Gasteiger partial charge >= 0.3 is 5.97 Å². The Balaban J connectivity index is 2.30. The molecule has 21 heavy (non-hydrogen) atoms. The van der Waals surface area contributed by atoms with Crippen molar-refractivity contribution >= 4 is 23.6 Å². The van der Waals surface area contributed by atoms with Crippen LogP contribution in [0.1, 0.15) is 5.56 Å². The van der Waals surface area contributed by atoms with Crippen LogP contribution >= 0.6 is 11.6 Å². The summed E-state index contributed by atoms with van der Waals surface area (Å²) in [6, 6.07) is 5.04. The van der Waals surface area contributed by atoms with Crippen LogP contribution in [0.3, 0.4) is 0 Å². The third-order valence-electron chi connectivity index (χ3n) is 2.60. The average Bonchev–Trinajstić information content (AvgIpc) is 2.50. The molecule has 1 heterocycles. The van der Waals surface area contributed by atoms with Gasteiger partial charge < -0.3 is 14.2 Å². The lowest BCUT2D eigenvalue weighted by atomic mass is 10.1. The number of nitrogens with zero attached hydrogens (tertiary/aromatic N) is 1. The summed E-state index contributed by atoms with van der Waals surface area (Å²) in [6.07, 6.45) is 2.81. The second kappa shape index (κ2) is 6.82. The zero-order valence-electron chi connectivity index (χ0n) is 11.1. The van der Waals surface area contributed by atoms with Crippen LogP contribution in [0.5, 0.6) is 11.5 Å². The largest absolute Gasteiger partial charge is 0.486 e. The number of ether oxygens (including phenoxy) is 3. The van der Waals surface area contributed by atoms with E-state index >= 15 is 0 Å². The summed E-state index contributed by atoms with van der Waals surface area (Å²) in [6.45, 7) is 4.32. The monoisotopic (exact) mass is 305 g/mol. The van der Waals surface area contributed by atoms with Gasteiger partial charge in [-0.3, -0.25) is 0 Å². The van der Waals surface area contributed by atoms with Crippen molar-refractivity contribution < 1.29 is 19.0 Å². The Morgan fingerprint density at radius 3 is 2.95 bits per heavy atom. The molecule has 0 radical (unpaired) electrons. The average molecular weight is 306 g/mol. The van der Waals surface area contributed by atoms with Crippen molar-refractivity contribution in [2.24, 2.45) is 0 Å². The van der Waals surface area contributed by atoms with E-state index in [1.165, 1.54) is 12.2 Å². The molecule has 0 fully saturated rings. The van der Waals surface area contributed by atoms with E-state index in [-0.39, 0.29) is 12.2 Å². The second-order valence-electron chi connectivity index (χ2n) is 4.08. The van der Waals surface area contributed by atoms with Gasteiger partial charge in [0.15, 0.2) is 11.5 Å². The summed E-state index contributed by atoms with van der Waals surface area (Å²) in [5.74, 6) is 0.230. The molecular formula is C15H12ClNO4. The lowest BCUT2D eigenvalue weighted by Gasteiger charge is -2.19. The second-order valence-corrected chi connectivity index (χ2v) is 4.49. The Kier molecular flexibility index (Phi) is 4.85. The number of fused-ring (bicyclic) bond motifs is 1. The van der Waals surface area contributed by atoms with Gasteiger partial charge in [-0.15, -0.1) is 0 Å². The van der Waals surface area contributed by atoms with Crippen LogP contribution in [0.15, 0.2) is 30.4 Å². The molecule has 6 heteroatoms. The summed E-state index contributed by atoms with van der Waals surface area (Å²) < 4.78 is 15.7. The molecule has 0 amide bonds. The number of benzene rings is 1. The van der Waals surface area contributed by atoms with Crippen LogP contribution < -0.4 is 9.47 Å². The zero-order chi connectivity index (χ0) is 15.2. The third kappa shape index (κ3) is 3.56. The Morgan fingerprint density at radius 1 is 1.48 bits per heavy atom. The number of rotatable bonds is 4. The van der Waals surface area contributed by atoms with Crippen LogP contribution in [0.2, 0.25) is 5.02 Å². The van der Waals surface area contributed by atoms with Crippen molar-refractivity contribution in [1.82, 2.24) is 0 Å². The Morgan fingerprint density at radius 2 is 2.24 bits per heavy atom. The molecule has 0 aliphatic carbocycles. The smallest absolute Gasteiger partial charge is 0.349 e. The number of carbonyl (C=O) groups is 1. The van der Waals surface area contributed by atoms with E-state index in [1.807, 2.05) is 0 Å². The lowest BCUT2D eigenvalue weighted by molar-refractivity contribution is -0.137. The summed E-state index contributed by atoms with van der Waals surface area (Å²) in [5, 5.41) is 9.39. The van der Waals surface area contributed by atoms with E-state index in [0.29, 0.717) is 35.3 Å². The summed E-state index contributed by atoms with van der Waals surface area (Å²) in [4.78, 5) is 11.7. The summed E-state index contributed by atoms with van der Waals surface area (Å²) in [7, 11) is 0. The van der Waals surface area contributed by atoms with Crippen molar-refractivity contribution in [3.05, 3.63) is 40.9 Å². The highest BCUT2D eigenvalue weighted by molar-refractivity contribution is 6.32. The number of nitriles is 1. The molecule has 0 N–H and O–H groups in total. The Labute approximate surface area is 127 Å². The molecule has 0 saturated heterocycles. The van der Waals surface area contributed by atoms with Crippen LogP contribution in [0, 0.1) is 11.3 Å². The van der Waals surface area contributed by atoms with E-state index in [0.717, 1.165) is 0 Å². The number of hydrogen-bond donors (Lipinski definition) is 0. The van der Waals surface area contributed by atoms with E-state index in [9.17, 15) is 4.79 Å². The van der Waals surface area contributed by atoms with Crippen molar-refractivity contribution in [3.63, 3.8) is 0 Å². The van der Waals surface area contributed by atoms with Gasteiger partial charge in [-0.25, -0.2) is 4.79 Å². The molecule has 1 aliphatic heterocycles. The molecule has 0 bridgehead atoms. The molecule has 0 spiro atoms. The van der Waals surface area contributed by atoms with Gasteiger partial charge in [-0.2, -0.15) is 5.26 Å². The Bertz CT molecular complexity index is 646. The van der Waals surface area contributed by atoms with Gasteiger partial charge in [0, 0.05) is 0 Å². The molecule has 5 nitrogen and oxygen atoms in total. The first kappa shape index (κ1) is 14.9. The van der Waals surface area contributed by atoms with Gasteiger partial charge in [0.25, 0.3) is 0 Å². The number of halogens is 1. The van der Waals surface area contributed by atoms with Gasteiger partial charge in [-0.05, 0) is 23.8 Å². The standard InChI is InChI=1S/C15H12ClNO4/c1-2-3-21-15(18)11(9-17)6-10-7-12(16)14-13(8-10)19-4-5-20-14/h2,6-8H,1,3-5H2/b11-6+. The van der Waals surface area contributed by atoms with Crippen LogP contribution in [-0.4, -0.2) is 25.8 Å². The number of esters is 1. The number of hydrogen-bond acceptors (Lipinski definition) is 5. The van der Waals surface area contributed by atoms with Crippen LogP contribution in [0.25, 0.3) is 6.08 Å². The van der Waals surface area contributed by atoms with Gasteiger partial charge in [0.1, 0.15) is 31.5 Å². The molecule has 1 aromatic rings. The number of carbonyl (C=O) groups excluding carboxylic acids is 1. The minimum Gasteiger partial charge on any atom is -0.486 e. The Hall–Kier alpha value is -2.45. The predicted molar refractivity (Wildman–Crippen MR) is 77.2 cm³/mol. The maximum Gasteiger partial charge on any atom is 0.349 e. The normalized spacial score (nSPS) is 13.2. The third-order valence-corrected chi connectivity index (χ3v) is 2.88. The summed E-state index contributed by atoms with van der Waals surface area (Å²) in [5.41, 5.74) is 0.418. The van der Waals surface area contributed by atoms with E-state index in [4.69, 9.17) is 31.1 Å². The van der Waals surface area contributed by atoms with Gasteiger partial charge in [0.05, 0.1) is 5.02 Å². The van der Waals surface area contributed by atoms with Crippen LogP contribution in [-0.2, 0) is 9.53 Å². The molecule has 0 atom stereocenters. The first-order chi connectivity index (χ1) is 10.2. The fourth-order valence-electron chi connectivity index (χ4n) is 1.73. The topological polar surface area (TPSA) is 68.6 Å². The lowest BCUT2D eigenvalue weighted by Crippen LogP contribution is -2.15. The highest BCUT2D eigenvalue weighted by atomic mass is 35.5. The molecule has 0 aromatic heterocycles. The van der Waals surface area contributed by atoms with E-state index in [1.54, 1.807) is 18.2 Å². The highest BCUT2D eigenvalue weighted by Crippen LogP contribution is 2.38. The minimum absolute atomic E-state index is 0.0414. The predicted octanol–water partition coefficient (Wildman–Crippen LogP) is 2.75. The van der Waals surface area contributed by atoms with Crippen LogP contribution in [0.4, 0.5) is 0 Å². The molecule has 0 saturated carbocycles. The van der Waals surface area contributed by atoms with Crippen molar-refractivity contribution in [3.8, 4) is 17.6 Å². The quantitative estimate of drug-likeness (QED) is 0.370. The van der Waals surface area contributed by atoms with Crippen molar-refractivity contribution in [2.75, 3.05) is 19.8 Å². The fraction of sp³-hybridized carbons (Fsp3) is 0.200. The maximum atomic E-state index is 11.7.